The van der Waals surface area contributed by atoms with Crippen LogP contribution >= 0.6 is 0 Å². The van der Waals surface area contributed by atoms with E-state index in [1.54, 1.807) is 11.1 Å². The number of para-hydroxylation sites is 1. The van der Waals surface area contributed by atoms with Crippen LogP contribution < -0.4 is 9.47 Å². The largest absolute Gasteiger partial charge is 0.484 e. The predicted molar refractivity (Wildman–Crippen MR) is 97.6 cm³/mol. The van der Waals surface area contributed by atoms with Crippen LogP contribution in [-0.2, 0) is 9.53 Å². The first-order chi connectivity index (χ1) is 13.1. The minimum atomic E-state index is -0.324. The Bertz CT molecular complexity index is 793. The van der Waals surface area contributed by atoms with Gasteiger partial charge in [0, 0.05) is 24.7 Å². The third kappa shape index (κ3) is 4.19. The molecule has 0 saturated carbocycles. The Morgan fingerprint density at radius 1 is 1.30 bits per heavy atom. The van der Waals surface area contributed by atoms with Gasteiger partial charge in [-0.25, -0.2) is 9.97 Å². The van der Waals surface area contributed by atoms with Crippen LogP contribution in [0.15, 0.2) is 42.6 Å². The number of benzene rings is 1. The number of carbonyl (C=O) groups is 1. The normalized spacial score (nSPS) is 20.8. The summed E-state index contributed by atoms with van der Waals surface area (Å²) in [6, 6.07) is 11.6. The van der Waals surface area contributed by atoms with Crippen molar-refractivity contribution in [3.8, 4) is 11.8 Å². The third-order valence-corrected chi connectivity index (χ3v) is 4.91. The van der Waals surface area contributed by atoms with Gasteiger partial charge in [0.25, 0.3) is 5.91 Å². The van der Waals surface area contributed by atoms with E-state index < -0.39 is 0 Å². The lowest BCUT2D eigenvalue weighted by atomic mass is 9.84. The fraction of sp³-hybridized carbons (Fsp3) is 0.450. The molecule has 2 aromatic rings. The van der Waals surface area contributed by atoms with Crippen molar-refractivity contribution < 1.29 is 19.0 Å². The molecule has 27 heavy (non-hydrogen) atoms. The van der Waals surface area contributed by atoms with Gasteiger partial charge in [0.2, 0.25) is 0 Å². The molecule has 0 N–H and O–H groups in total. The summed E-state index contributed by atoms with van der Waals surface area (Å²) in [5, 5.41) is 0. The highest BCUT2D eigenvalue weighted by Crippen LogP contribution is 2.35. The summed E-state index contributed by atoms with van der Waals surface area (Å²) >= 11 is 0. The Labute approximate surface area is 158 Å². The molecular formula is C20H23N3O4. The lowest BCUT2D eigenvalue weighted by molar-refractivity contribution is -0.194. The van der Waals surface area contributed by atoms with Gasteiger partial charge in [-0.15, -0.1) is 0 Å². The average Bonchev–Trinajstić information content (AvgIpc) is 2.65. The number of carbonyl (C=O) groups excluding carboxylic acids is 1. The van der Waals surface area contributed by atoms with Crippen molar-refractivity contribution >= 4 is 5.91 Å². The molecule has 0 bridgehead atoms. The van der Waals surface area contributed by atoms with Crippen molar-refractivity contribution in [2.75, 3.05) is 26.3 Å². The highest BCUT2D eigenvalue weighted by Gasteiger charge is 2.50. The van der Waals surface area contributed by atoms with Crippen LogP contribution in [0.1, 0.15) is 18.5 Å². The van der Waals surface area contributed by atoms with E-state index in [2.05, 4.69) is 9.97 Å². The molecule has 1 spiro atoms. The maximum atomic E-state index is 12.3. The minimum Gasteiger partial charge on any atom is -0.484 e. The molecule has 1 atom stereocenters. The van der Waals surface area contributed by atoms with Gasteiger partial charge in [-0.2, -0.15) is 0 Å². The van der Waals surface area contributed by atoms with Crippen LogP contribution in [0.5, 0.6) is 11.8 Å². The van der Waals surface area contributed by atoms with Gasteiger partial charge in [0.05, 0.1) is 19.7 Å². The molecule has 1 aromatic heterocycles. The van der Waals surface area contributed by atoms with Crippen LogP contribution in [0, 0.1) is 6.92 Å². The van der Waals surface area contributed by atoms with E-state index in [4.69, 9.17) is 14.2 Å². The standard InChI is InChI=1S/C20H23N3O4/c1-15-7-9-21-19(22-15)27-17-8-10-26-20(11-17)13-23(14-20)18(24)12-25-16-5-3-2-4-6-16/h2-7,9,17H,8,10-14H2,1H3. The number of amides is 1. The summed E-state index contributed by atoms with van der Waals surface area (Å²) in [6.45, 7) is 3.69. The zero-order chi connectivity index (χ0) is 18.7. The number of nitrogens with zero attached hydrogens (tertiary/aromatic N) is 3. The molecule has 0 radical (unpaired) electrons. The monoisotopic (exact) mass is 369 g/mol. The fourth-order valence-corrected chi connectivity index (χ4v) is 3.51. The van der Waals surface area contributed by atoms with Crippen molar-refractivity contribution in [1.82, 2.24) is 14.9 Å². The topological polar surface area (TPSA) is 73.8 Å². The summed E-state index contributed by atoms with van der Waals surface area (Å²) in [7, 11) is 0. The SMILES string of the molecule is Cc1ccnc(OC2CCOC3(C2)CN(C(=O)COc2ccccc2)C3)n1. The van der Waals surface area contributed by atoms with Crippen molar-refractivity contribution in [1.29, 1.82) is 0 Å². The molecule has 2 saturated heterocycles. The average molecular weight is 369 g/mol. The number of aryl methyl sites for hydroxylation is 1. The molecule has 1 unspecified atom stereocenters. The summed E-state index contributed by atoms with van der Waals surface area (Å²) in [5.74, 6) is 0.666. The Morgan fingerprint density at radius 2 is 2.11 bits per heavy atom. The number of likely N-dealkylation sites (tertiary alicyclic amines) is 1. The van der Waals surface area contributed by atoms with Crippen LogP contribution in [0.2, 0.25) is 0 Å². The molecule has 2 fully saturated rings. The molecule has 1 aromatic carbocycles. The van der Waals surface area contributed by atoms with E-state index in [1.807, 2.05) is 43.3 Å². The Kier molecular flexibility index (Phi) is 4.94. The van der Waals surface area contributed by atoms with Gasteiger partial charge >= 0.3 is 6.01 Å². The van der Waals surface area contributed by atoms with Gasteiger partial charge in [-0.3, -0.25) is 4.79 Å². The zero-order valence-corrected chi connectivity index (χ0v) is 15.3. The van der Waals surface area contributed by atoms with Crippen molar-refractivity contribution in [2.24, 2.45) is 0 Å². The molecule has 142 valence electrons. The van der Waals surface area contributed by atoms with Gasteiger partial charge in [0.1, 0.15) is 17.5 Å². The summed E-state index contributed by atoms with van der Waals surface area (Å²) in [5.41, 5.74) is 0.551. The van der Waals surface area contributed by atoms with E-state index in [-0.39, 0.29) is 24.2 Å². The van der Waals surface area contributed by atoms with Gasteiger partial charge < -0.3 is 19.1 Å². The first-order valence-electron chi connectivity index (χ1n) is 9.18. The number of ether oxygens (including phenoxy) is 3. The second kappa shape index (κ2) is 7.52. The molecule has 2 aliphatic heterocycles. The summed E-state index contributed by atoms with van der Waals surface area (Å²) < 4.78 is 17.5. The van der Waals surface area contributed by atoms with E-state index >= 15 is 0 Å². The quantitative estimate of drug-likeness (QED) is 0.803. The Morgan fingerprint density at radius 3 is 2.89 bits per heavy atom. The molecule has 7 nitrogen and oxygen atoms in total. The minimum absolute atomic E-state index is 0.00151. The number of hydrogen-bond donors (Lipinski definition) is 0. The molecule has 2 aliphatic rings. The van der Waals surface area contributed by atoms with Gasteiger partial charge in [-0.05, 0) is 25.1 Å². The molecule has 0 aliphatic carbocycles. The van der Waals surface area contributed by atoms with Crippen LogP contribution in [0.25, 0.3) is 0 Å². The van der Waals surface area contributed by atoms with Crippen LogP contribution in [0.3, 0.4) is 0 Å². The van der Waals surface area contributed by atoms with E-state index in [1.165, 1.54) is 0 Å². The Hall–Kier alpha value is -2.67. The van der Waals surface area contributed by atoms with Crippen molar-refractivity contribution in [3.63, 3.8) is 0 Å². The maximum Gasteiger partial charge on any atom is 0.316 e. The van der Waals surface area contributed by atoms with Crippen molar-refractivity contribution in [3.05, 3.63) is 48.3 Å². The van der Waals surface area contributed by atoms with Gasteiger partial charge in [0.15, 0.2) is 6.61 Å². The van der Waals surface area contributed by atoms with E-state index in [9.17, 15) is 4.79 Å². The second-order valence-electron chi connectivity index (χ2n) is 7.10. The van der Waals surface area contributed by atoms with Gasteiger partial charge in [-0.1, -0.05) is 18.2 Å². The zero-order valence-electron chi connectivity index (χ0n) is 15.3. The lowest BCUT2D eigenvalue weighted by Gasteiger charge is -2.52. The highest BCUT2D eigenvalue weighted by molar-refractivity contribution is 5.79. The summed E-state index contributed by atoms with van der Waals surface area (Å²) in [6.07, 6.45) is 3.22. The number of rotatable bonds is 5. The fourth-order valence-electron chi connectivity index (χ4n) is 3.51. The molecule has 1 amide bonds. The van der Waals surface area contributed by atoms with E-state index in [0.29, 0.717) is 31.5 Å². The first kappa shape index (κ1) is 17.7. The number of hydrogen-bond acceptors (Lipinski definition) is 6. The van der Waals surface area contributed by atoms with E-state index in [0.717, 1.165) is 18.5 Å². The second-order valence-corrected chi connectivity index (χ2v) is 7.10. The Balaban J connectivity index is 1.27. The molecule has 4 rings (SSSR count). The maximum absolute atomic E-state index is 12.3. The predicted octanol–water partition coefficient (Wildman–Crippen LogP) is 2.00. The lowest BCUT2D eigenvalue weighted by Crippen LogP contribution is -2.68. The van der Waals surface area contributed by atoms with Crippen molar-refractivity contribution in [2.45, 2.75) is 31.5 Å². The van der Waals surface area contributed by atoms with Crippen LogP contribution in [0.4, 0.5) is 0 Å². The number of aromatic nitrogens is 2. The highest BCUT2D eigenvalue weighted by atomic mass is 16.5. The smallest absolute Gasteiger partial charge is 0.316 e. The van der Waals surface area contributed by atoms with Crippen LogP contribution in [-0.4, -0.2) is 58.8 Å². The molecule has 7 heteroatoms. The third-order valence-electron chi connectivity index (χ3n) is 4.91. The molecular weight excluding hydrogens is 346 g/mol. The first-order valence-corrected chi connectivity index (χ1v) is 9.18. The molecule has 3 heterocycles. The summed E-state index contributed by atoms with van der Waals surface area (Å²) in [4.78, 5) is 22.6.